The second-order valence-corrected chi connectivity index (χ2v) is 3.66. The molecule has 0 fully saturated rings. The highest BCUT2D eigenvalue weighted by Gasteiger charge is 2.08. The third-order valence-corrected chi connectivity index (χ3v) is 2.27. The van der Waals surface area contributed by atoms with E-state index in [1.165, 1.54) is 0 Å². The topological polar surface area (TPSA) is 76.7 Å². The molecule has 1 atom stereocenters. The molecule has 5 nitrogen and oxygen atoms in total. The number of aliphatic hydroxyl groups excluding tert-OH is 1. The molecule has 0 radical (unpaired) electrons. The van der Waals surface area contributed by atoms with E-state index in [-0.39, 0.29) is 12.6 Å². The molecule has 0 aliphatic rings. The number of aliphatic hydroxyl groups is 1. The fourth-order valence-corrected chi connectivity index (χ4v) is 1.48. The van der Waals surface area contributed by atoms with Crippen LogP contribution in [0.5, 0.6) is 5.75 Å². The number of nitrogens with two attached hydrogens (primary N) is 1. The van der Waals surface area contributed by atoms with Crippen molar-refractivity contribution >= 4 is 11.4 Å². The molecule has 0 bridgehead atoms. The fraction of sp³-hybridized carbons (Fsp3) is 0.500. The zero-order chi connectivity index (χ0) is 12.7. The van der Waals surface area contributed by atoms with Gasteiger partial charge in [0.15, 0.2) is 0 Å². The lowest BCUT2D eigenvalue weighted by Gasteiger charge is -2.17. The molecule has 96 valence electrons. The van der Waals surface area contributed by atoms with E-state index >= 15 is 0 Å². The summed E-state index contributed by atoms with van der Waals surface area (Å²) >= 11 is 0. The highest BCUT2D eigenvalue weighted by Crippen LogP contribution is 2.25. The molecule has 4 N–H and O–H groups in total. The highest BCUT2D eigenvalue weighted by atomic mass is 16.5. The van der Waals surface area contributed by atoms with Crippen molar-refractivity contribution in [3.63, 3.8) is 0 Å². The molecule has 0 aliphatic carbocycles. The molecule has 0 amide bonds. The van der Waals surface area contributed by atoms with Crippen LogP contribution >= 0.6 is 0 Å². The Balaban J connectivity index is 2.73. The summed E-state index contributed by atoms with van der Waals surface area (Å²) in [6.07, 6.45) is 0. The summed E-state index contributed by atoms with van der Waals surface area (Å²) in [6.45, 7) is 2.91. The third-order valence-electron chi connectivity index (χ3n) is 2.27. The van der Waals surface area contributed by atoms with Crippen LogP contribution in [0.25, 0.3) is 0 Å². The Morgan fingerprint density at radius 3 is 2.82 bits per heavy atom. The van der Waals surface area contributed by atoms with Crippen LogP contribution in [-0.4, -0.2) is 38.1 Å². The molecule has 5 heteroatoms. The summed E-state index contributed by atoms with van der Waals surface area (Å²) in [5, 5.41) is 12.3. The standard InChI is InChI=1S/C12H20N2O3/c1-3-17-12-6-9(4-5-11(12)13)14-10(7-15)8-16-2/h4-6,10,14-15H,3,7-8,13H2,1-2H3. The van der Waals surface area contributed by atoms with Gasteiger partial charge in [0.2, 0.25) is 0 Å². The fourth-order valence-electron chi connectivity index (χ4n) is 1.48. The van der Waals surface area contributed by atoms with Crippen LogP contribution in [0.3, 0.4) is 0 Å². The van der Waals surface area contributed by atoms with Gasteiger partial charge in [0, 0.05) is 18.9 Å². The van der Waals surface area contributed by atoms with Crippen molar-refractivity contribution in [2.45, 2.75) is 13.0 Å². The zero-order valence-corrected chi connectivity index (χ0v) is 10.3. The molecule has 0 saturated carbocycles. The first-order chi connectivity index (χ1) is 8.21. The molecule has 0 aliphatic heterocycles. The van der Waals surface area contributed by atoms with Gasteiger partial charge in [-0.05, 0) is 19.1 Å². The minimum atomic E-state index is -0.141. The van der Waals surface area contributed by atoms with Crippen molar-refractivity contribution in [3.8, 4) is 5.75 Å². The first-order valence-corrected chi connectivity index (χ1v) is 5.59. The molecule has 0 aromatic heterocycles. The Bertz CT molecular complexity index is 345. The van der Waals surface area contributed by atoms with Gasteiger partial charge < -0.3 is 25.6 Å². The maximum atomic E-state index is 9.15. The number of nitrogens with one attached hydrogen (secondary N) is 1. The molecule has 1 unspecified atom stereocenters. The number of anilines is 2. The highest BCUT2D eigenvalue weighted by molar-refractivity contribution is 5.61. The number of rotatable bonds is 7. The van der Waals surface area contributed by atoms with E-state index in [1.807, 2.05) is 19.1 Å². The Morgan fingerprint density at radius 1 is 1.47 bits per heavy atom. The number of hydrogen-bond acceptors (Lipinski definition) is 5. The van der Waals surface area contributed by atoms with Crippen LogP contribution in [-0.2, 0) is 4.74 Å². The number of hydrogen-bond donors (Lipinski definition) is 3. The first kappa shape index (κ1) is 13.6. The van der Waals surface area contributed by atoms with Crippen LogP contribution in [0.1, 0.15) is 6.92 Å². The molecular weight excluding hydrogens is 220 g/mol. The van der Waals surface area contributed by atoms with E-state index in [0.717, 1.165) is 5.69 Å². The Kier molecular flexibility index (Phi) is 5.59. The largest absolute Gasteiger partial charge is 0.492 e. The van der Waals surface area contributed by atoms with E-state index in [1.54, 1.807) is 13.2 Å². The predicted octanol–water partition coefficient (Wildman–Crippen LogP) is 1.09. The van der Waals surface area contributed by atoms with Gasteiger partial charge in [-0.2, -0.15) is 0 Å². The van der Waals surface area contributed by atoms with Gasteiger partial charge in [-0.3, -0.25) is 0 Å². The molecule has 0 saturated heterocycles. The van der Waals surface area contributed by atoms with Gasteiger partial charge >= 0.3 is 0 Å². The van der Waals surface area contributed by atoms with E-state index in [4.69, 9.17) is 20.3 Å². The maximum Gasteiger partial charge on any atom is 0.144 e. The number of methoxy groups -OCH3 is 1. The molecule has 17 heavy (non-hydrogen) atoms. The summed E-state index contributed by atoms with van der Waals surface area (Å²) < 4.78 is 10.4. The summed E-state index contributed by atoms with van der Waals surface area (Å²) in [5.41, 5.74) is 7.22. The minimum Gasteiger partial charge on any atom is -0.492 e. The average molecular weight is 240 g/mol. The van der Waals surface area contributed by atoms with E-state index in [0.29, 0.717) is 24.7 Å². The van der Waals surface area contributed by atoms with Crippen LogP contribution in [0.15, 0.2) is 18.2 Å². The lowest BCUT2D eigenvalue weighted by atomic mass is 10.2. The summed E-state index contributed by atoms with van der Waals surface area (Å²) in [6, 6.07) is 5.29. The number of benzene rings is 1. The predicted molar refractivity (Wildman–Crippen MR) is 68.4 cm³/mol. The molecule has 1 aromatic carbocycles. The van der Waals surface area contributed by atoms with Crippen molar-refractivity contribution in [1.82, 2.24) is 0 Å². The average Bonchev–Trinajstić information content (AvgIpc) is 2.33. The summed E-state index contributed by atoms with van der Waals surface area (Å²) in [7, 11) is 1.60. The number of nitrogen functional groups attached to an aromatic ring is 1. The van der Waals surface area contributed by atoms with Gasteiger partial charge in [-0.15, -0.1) is 0 Å². The lowest BCUT2D eigenvalue weighted by molar-refractivity contribution is 0.153. The second-order valence-electron chi connectivity index (χ2n) is 3.66. The molecule has 0 spiro atoms. The Labute approximate surface area is 102 Å². The van der Waals surface area contributed by atoms with E-state index in [9.17, 15) is 0 Å². The summed E-state index contributed by atoms with van der Waals surface area (Å²) in [4.78, 5) is 0. The van der Waals surface area contributed by atoms with Gasteiger partial charge in [0.25, 0.3) is 0 Å². The smallest absolute Gasteiger partial charge is 0.144 e. The molecule has 1 rings (SSSR count). The Hall–Kier alpha value is -1.46. The van der Waals surface area contributed by atoms with Crippen molar-refractivity contribution in [2.24, 2.45) is 0 Å². The molecular formula is C12H20N2O3. The maximum absolute atomic E-state index is 9.15. The Morgan fingerprint density at radius 2 is 2.24 bits per heavy atom. The van der Waals surface area contributed by atoms with Crippen LogP contribution in [0.2, 0.25) is 0 Å². The monoisotopic (exact) mass is 240 g/mol. The SMILES string of the molecule is CCOc1cc(NC(CO)COC)ccc1N. The zero-order valence-electron chi connectivity index (χ0n) is 10.3. The van der Waals surface area contributed by atoms with Crippen LogP contribution in [0, 0.1) is 0 Å². The van der Waals surface area contributed by atoms with Gasteiger partial charge in [0.05, 0.1) is 31.5 Å². The summed E-state index contributed by atoms with van der Waals surface area (Å²) in [5.74, 6) is 0.645. The van der Waals surface area contributed by atoms with E-state index < -0.39 is 0 Å². The van der Waals surface area contributed by atoms with Crippen LogP contribution in [0.4, 0.5) is 11.4 Å². The minimum absolute atomic E-state index is 0.00217. The van der Waals surface area contributed by atoms with Crippen molar-refractivity contribution in [3.05, 3.63) is 18.2 Å². The number of ether oxygens (including phenoxy) is 2. The lowest BCUT2D eigenvalue weighted by Crippen LogP contribution is -2.28. The van der Waals surface area contributed by atoms with Gasteiger partial charge in [-0.25, -0.2) is 0 Å². The van der Waals surface area contributed by atoms with E-state index in [2.05, 4.69) is 5.32 Å². The van der Waals surface area contributed by atoms with Crippen molar-refractivity contribution in [2.75, 3.05) is 38.0 Å². The molecule has 1 aromatic rings. The quantitative estimate of drug-likeness (QED) is 0.622. The van der Waals surface area contributed by atoms with Crippen molar-refractivity contribution in [1.29, 1.82) is 0 Å². The van der Waals surface area contributed by atoms with Crippen LogP contribution < -0.4 is 15.8 Å². The first-order valence-electron chi connectivity index (χ1n) is 5.59. The molecule has 0 heterocycles. The van der Waals surface area contributed by atoms with Crippen molar-refractivity contribution < 1.29 is 14.6 Å². The van der Waals surface area contributed by atoms with Gasteiger partial charge in [0.1, 0.15) is 5.75 Å². The normalized spacial score (nSPS) is 12.2. The second kappa shape index (κ2) is 6.98. The third kappa shape index (κ3) is 4.13. The van der Waals surface area contributed by atoms with Gasteiger partial charge in [-0.1, -0.05) is 0 Å².